The van der Waals surface area contributed by atoms with Crippen molar-refractivity contribution in [3.05, 3.63) is 71.8 Å². The van der Waals surface area contributed by atoms with Gasteiger partial charge in [-0.2, -0.15) is 0 Å². The van der Waals surface area contributed by atoms with Crippen molar-refractivity contribution in [3.8, 4) is 0 Å². The SMILES string of the molecule is COC(=O)c1c2ccccc2cn1Cc1ccc2c(CO)[nH]cc2c1. The minimum Gasteiger partial charge on any atom is -0.464 e. The Morgan fingerprint density at radius 1 is 1.16 bits per heavy atom. The van der Waals surface area contributed by atoms with Crippen molar-refractivity contribution in [1.29, 1.82) is 0 Å². The average Bonchev–Trinajstić information content (AvgIpc) is 3.21. The quantitative estimate of drug-likeness (QED) is 0.562. The van der Waals surface area contributed by atoms with Gasteiger partial charge in [-0.15, -0.1) is 0 Å². The van der Waals surface area contributed by atoms with E-state index in [1.54, 1.807) is 0 Å². The van der Waals surface area contributed by atoms with Gasteiger partial charge in [-0.3, -0.25) is 0 Å². The summed E-state index contributed by atoms with van der Waals surface area (Å²) in [6.45, 7) is 0.549. The molecular formula is C20H18N2O3. The number of fused-ring (bicyclic) bond motifs is 2. The Hall–Kier alpha value is -3.05. The highest BCUT2D eigenvalue weighted by atomic mass is 16.5. The van der Waals surface area contributed by atoms with Gasteiger partial charge in [-0.1, -0.05) is 36.4 Å². The van der Waals surface area contributed by atoms with Gasteiger partial charge in [-0.25, -0.2) is 4.79 Å². The van der Waals surface area contributed by atoms with Crippen LogP contribution in [0.25, 0.3) is 21.5 Å². The monoisotopic (exact) mass is 334 g/mol. The molecule has 25 heavy (non-hydrogen) atoms. The van der Waals surface area contributed by atoms with Crippen LogP contribution >= 0.6 is 0 Å². The molecule has 0 aliphatic rings. The number of methoxy groups -OCH3 is 1. The van der Waals surface area contributed by atoms with Gasteiger partial charge in [0, 0.05) is 40.8 Å². The van der Waals surface area contributed by atoms with Crippen LogP contribution in [0.3, 0.4) is 0 Å². The summed E-state index contributed by atoms with van der Waals surface area (Å²) in [6.07, 6.45) is 3.86. The van der Waals surface area contributed by atoms with Gasteiger partial charge < -0.3 is 19.4 Å². The summed E-state index contributed by atoms with van der Waals surface area (Å²) in [5.41, 5.74) is 2.44. The van der Waals surface area contributed by atoms with Crippen LogP contribution in [-0.2, 0) is 17.9 Å². The van der Waals surface area contributed by atoms with Crippen LogP contribution in [0.5, 0.6) is 0 Å². The van der Waals surface area contributed by atoms with Gasteiger partial charge in [0.15, 0.2) is 0 Å². The number of aliphatic hydroxyl groups excluding tert-OH is 1. The Bertz CT molecular complexity index is 1080. The van der Waals surface area contributed by atoms with Crippen molar-refractivity contribution < 1.29 is 14.6 Å². The number of aliphatic hydroxyl groups is 1. The number of rotatable bonds is 4. The Labute approximate surface area is 144 Å². The van der Waals surface area contributed by atoms with Crippen molar-refractivity contribution in [2.75, 3.05) is 7.11 Å². The van der Waals surface area contributed by atoms with E-state index in [1.807, 2.05) is 53.4 Å². The van der Waals surface area contributed by atoms with E-state index in [-0.39, 0.29) is 12.6 Å². The molecule has 0 saturated carbocycles. The van der Waals surface area contributed by atoms with E-state index < -0.39 is 0 Å². The summed E-state index contributed by atoms with van der Waals surface area (Å²) in [7, 11) is 1.40. The predicted molar refractivity (Wildman–Crippen MR) is 96.6 cm³/mol. The zero-order valence-corrected chi connectivity index (χ0v) is 13.8. The maximum atomic E-state index is 12.3. The number of carbonyl (C=O) groups excluding carboxylic acids is 1. The molecule has 5 nitrogen and oxygen atoms in total. The standard InChI is InChI=1S/C20H18N2O3/c1-25-20(24)19-17-5-3-2-4-14(17)11-22(19)10-13-6-7-16-15(8-13)9-21-18(16)12-23/h2-9,11,21,23H,10,12H2,1H3. The maximum Gasteiger partial charge on any atom is 0.355 e. The molecule has 2 aromatic heterocycles. The molecule has 0 aliphatic carbocycles. The summed E-state index contributed by atoms with van der Waals surface area (Å²) in [6, 6.07) is 13.9. The number of aromatic amines is 1. The second kappa shape index (κ2) is 6.11. The topological polar surface area (TPSA) is 67.2 Å². The highest BCUT2D eigenvalue weighted by molar-refractivity contribution is 6.03. The first kappa shape index (κ1) is 15.5. The first-order valence-electron chi connectivity index (χ1n) is 8.07. The predicted octanol–water partition coefficient (Wildman–Crippen LogP) is 3.45. The molecule has 2 N–H and O–H groups in total. The van der Waals surface area contributed by atoms with E-state index in [2.05, 4.69) is 11.1 Å². The molecular weight excluding hydrogens is 316 g/mol. The van der Waals surface area contributed by atoms with Crippen molar-refractivity contribution >= 4 is 27.5 Å². The van der Waals surface area contributed by atoms with Crippen LogP contribution in [-0.4, -0.2) is 27.7 Å². The number of carbonyl (C=O) groups is 1. The molecule has 0 atom stereocenters. The van der Waals surface area contributed by atoms with E-state index >= 15 is 0 Å². The molecule has 0 aliphatic heterocycles. The molecule has 0 bridgehead atoms. The second-order valence-corrected chi connectivity index (χ2v) is 6.03. The number of nitrogens with one attached hydrogen (secondary N) is 1. The fourth-order valence-electron chi connectivity index (χ4n) is 3.34. The van der Waals surface area contributed by atoms with E-state index in [4.69, 9.17) is 4.74 Å². The third-order valence-electron chi connectivity index (χ3n) is 4.53. The average molecular weight is 334 g/mol. The largest absolute Gasteiger partial charge is 0.464 e. The molecule has 0 unspecified atom stereocenters. The summed E-state index contributed by atoms with van der Waals surface area (Å²) < 4.78 is 6.90. The Morgan fingerprint density at radius 3 is 2.80 bits per heavy atom. The lowest BCUT2D eigenvalue weighted by atomic mass is 10.1. The lowest BCUT2D eigenvalue weighted by Gasteiger charge is -2.09. The summed E-state index contributed by atoms with van der Waals surface area (Å²) in [5.74, 6) is -0.341. The number of ether oxygens (including phenoxy) is 1. The number of esters is 1. The summed E-state index contributed by atoms with van der Waals surface area (Å²) >= 11 is 0. The van der Waals surface area contributed by atoms with Gasteiger partial charge in [0.2, 0.25) is 0 Å². The third kappa shape index (κ3) is 2.58. The molecule has 0 fully saturated rings. The van der Waals surface area contributed by atoms with E-state index in [9.17, 15) is 9.90 Å². The summed E-state index contributed by atoms with van der Waals surface area (Å²) in [5, 5.41) is 13.3. The smallest absolute Gasteiger partial charge is 0.355 e. The zero-order chi connectivity index (χ0) is 17.4. The first-order chi connectivity index (χ1) is 12.2. The molecule has 4 aromatic rings. The molecule has 0 amide bonds. The number of H-pyrrole nitrogens is 1. The number of aromatic nitrogens is 2. The van der Waals surface area contributed by atoms with Crippen LogP contribution in [0.15, 0.2) is 54.9 Å². The van der Waals surface area contributed by atoms with Gasteiger partial charge in [0.1, 0.15) is 5.69 Å². The van der Waals surface area contributed by atoms with Crippen LogP contribution in [0.2, 0.25) is 0 Å². The van der Waals surface area contributed by atoms with Gasteiger partial charge in [-0.05, 0) is 17.0 Å². The highest BCUT2D eigenvalue weighted by Crippen LogP contribution is 2.25. The van der Waals surface area contributed by atoms with Crippen molar-refractivity contribution in [2.45, 2.75) is 13.2 Å². The van der Waals surface area contributed by atoms with Gasteiger partial charge in [0.25, 0.3) is 0 Å². The van der Waals surface area contributed by atoms with E-state index in [0.29, 0.717) is 12.2 Å². The van der Waals surface area contributed by atoms with E-state index in [1.165, 1.54) is 7.11 Å². The van der Waals surface area contributed by atoms with Crippen LogP contribution in [0.4, 0.5) is 0 Å². The molecule has 126 valence electrons. The molecule has 5 heteroatoms. The molecule has 2 aromatic carbocycles. The molecule has 0 spiro atoms. The summed E-state index contributed by atoms with van der Waals surface area (Å²) in [4.78, 5) is 15.4. The Balaban J connectivity index is 1.78. The number of benzene rings is 2. The van der Waals surface area contributed by atoms with Crippen LogP contribution in [0.1, 0.15) is 21.7 Å². The maximum absolute atomic E-state index is 12.3. The molecule has 0 saturated heterocycles. The lowest BCUT2D eigenvalue weighted by Crippen LogP contribution is -2.11. The highest BCUT2D eigenvalue weighted by Gasteiger charge is 2.17. The Morgan fingerprint density at radius 2 is 2.00 bits per heavy atom. The fraction of sp³-hybridized carbons (Fsp3) is 0.150. The minimum absolute atomic E-state index is 0.0156. The van der Waals surface area contributed by atoms with Crippen LogP contribution < -0.4 is 0 Å². The van der Waals surface area contributed by atoms with Crippen LogP contribution in [0, 0.1) is 0 Å². The minimum atomic E-state index is -0.341. The second-order valence-electron chi connectivity index (χ2n) is 6.03. The molecule has 2 heterocycles. The van der Waals surface area contributed by atoms with Gasteiger partial charge in [0.05, 0.1) is 13.7 Å². The van der Waals surface area contributed by atoms with Crippen molar-refractivity contribution in [2.24, 2.45) is 0 Å². The fourth-order valence-corrected chi connectivity index (χ4v) is 3.34. The molecule has 4 rings (SSSR count). The molecule has 0 radical (unpaired) electrons. The van der Waals surface area contributed by atoms with E-state index in [0.717, 1.165) is 32.8 Å². The number of hydrogen-bond donors (Lipinski definition) is 2. The lowest BCUT2D eigenvalue weighted by molar-refractivity contribution is 0.0591. The Kier molecular flexibility index (Phi) is 3.78. The van der Waals surface area contributed by atoms with Crippen molar-refractivity contribution in [3.63, 3.8) is 0 Å². The number of nitrogens with zero attached hydrogens (tertiary/aromatic N) is 1. The number of hydrogen-bond acceptors (Lipinski definition) is 3. The normalized spacial score (nSPS) is 11.3. The zero-order valence-electron chi connectivity index (χ0n) is 13.8. The first-order valence-corrected chi connectivity index (χ1v) is 8.07. The van der Waals surface area contributed by atoms with Crippen molar-refractivity contribution in [1.82, 2.24) is 9.55 Å². The third-order valence-corrected chi connectivity index (χ3v) is 4.53. The van der Waals surface area contributed by atoms with Gasteiger partial charge >= 0.3 is 5.97 Å².